The predicted octanol–water partition coefficient (Wildman–Crippen LogP) is 2.78. The van der Waals surface area contributed by atoms with Gasteiger partial charge in [0.2, 0.25) is 11.8 Å². The molecule has 1 aromatic heterocycles. The van der Waals surface area contributed by atoms with Crippen LogP contribution in [-0.4, -0.2) is 17.7 Å². The second kappa shape index (κ2) is 9.38. The van der Waals surface area contributed by atoms with Gasteiger partial charge in [0.05, 0.1) is 0 Å². The number of anilines is 1. The third-order valence-corrected chi connectivity index (χ3v) is 3.86. The maximum Gasteiger partial charge on any atom is 0.262 e. The molecule has 0 saturated heterocycles. The van der Waals surface area contributed by atoms with Gasteiger partial charge in [0.1, 0.15) is 11.5 Å². The molecule has 0 aliphatic heterocycles. The van der Waals surface area contributed by atoms with Crippen LogP contribution in [0, 0.1) is 20.8 Å². The van der Waals surface area contributed by atoms with E-state index in [4.69, 9.17) is 4.42 Å². The largest absolute Gasteiger partial charge is 0.462 e. The summed E-state index contributed by atoms with van der Waals surface area (Å²) in [7, 11) is 0. The van der Waals surface area contributed by atoms with Crippen molar-refractivity contribution in [2.75, 3.05) is 5.32 Å². The molecule has 27 heavy (non-hydrogen) atoms. The lowest BCUT2D eigenvalue weighted by molar-refractivity contribution is -0.128. The van der Waals surface area contributed by atoms with Crippen molar-refractivity contribution in [3.8, 4) is 0 Å². The minimum atomic E-state index is -0.503. The molecule has 2 rings (SSSR count). The van der Waals surface area contributed by atoms with E-state index in [1.165, 1.54) is 12.2 Å². The highest BCUT2D eigenvalue weighted by atomic mass is 16.3. The van der Waals surface area contributed by atoms with Gasteiger partial charge in [-0.1, -0.05) is 6.07 Å². The first-order chi connectivity index (χ1) is 12.8. The Morgan fingerprint density at radius 2 is 1.67 bits per heavy atom. The average molecular weight is 369 g/mol. The third kappa shape index (κ3) is 6.81. The molecule has 0 bridgehead atoms. The molecule has 7 heteroatoms. The highest BCUT2D eigenvalue weighted by Crippen LogP contribution is 2.14. The Kier molecular flexibility index (Phi) is 6.93. The van der Waals surface area contributed by atoms with Crippen molar-refractivity contribution in [3.05, 3.63) is 59.1 Å². The Labute approximate surface area is 157 Å². The van der Waals surface area contributed by atoms with Gasteiger partial charge in [-0.05, 0) is 62.2 Å². The summed E-state index contributed by atoms with van der Waals surface area (Å²) in [4.78, 5) is 35.3. The van der Waals surface area contributed by atoms with Gasteiger partial charge in [-0.2, -0.15) is 0 Å². The molecule has 3 N–H and O–H groups in total. The van der Waals surface area contributed by atoms with Crippen LogP contribution in [0.3, 0.4) is 0 Å². The number of nitrogens with one attached hydrogen (secondary N) is 3. The number of benzene rings is 1. The van der Waals surface area contributed by atoms with E-state index in [-0.39, 0.29) is 18.7 Å². The summed E-state index contributed by atoms with van der Waals surface area (Å²) in [5.41, 5.74) is 7.41. The first-order valence-corrected chi connectivity index (χ1v) is 8.54. The summed E-state index contributed by atoms with van der Waals surface area (Å²) in [6.07, 6.45) is 2.70. The molecule has 1 aromatic carbocycles. The van der Waals surface area contributed by atoms with Crippen molar-refractivity contribution in [2.24, 2.45) is 0 Å². The fraction of sp³-hybridized carbons (Fsp3) is 0.250. The maximum absolute atomic E-state index is 11.9. The first kappa shape index (κ1) is 20.0. The van der Waals surface area contributed by atoms with Crippen molar-refractivity contribution < 1.29 is 18.8 Å². The quantitative estimate of drug-likeness (QED) is 0.538. The van der Waals surface area contributed by atoms with E-state index in [1.807, 2.05) is 32.0 Å². The molecule has 0 saturated carbocycles. The van der Waals surface area contributed by atoms with Crippen molar-refractivity contribution in [3.63, 3.8) is 0 Å². The van der Waals surface area contributed by atoms with Crippen LogP contribution in [0.5, 0.6) is 0 Å². The molecule has 3 amide bonds. The van der Waals surface area contributed by atoms with Gasteiger partial charge in [0.25, 0.3) is 5.91 Å². The van der Waals surface area contributed by atoms with Crippen LogP contribution in [0.1, 0.15) is 35.5 Å². The molecule has 0 aliphatic carbocycles. The van der Waals surface area contributed by atoms with E-state index >= 15 is 0 Å². The van der Waals surface area contributed by atoms with Crippen LogP contribution in [0.25, 0.3) is 6.08 Å². The zero-order valence-electron chi connectivity index (χ0n) is 15.6. The molecule has 0 atom stereocenters. The van der Waals surface area contributed by atoms with Crippen LogP contribution in [0.4, 0.5) is 5.69 Å². The summed E-state index contributed by atoms with van der Waals surface area (Å²) in [5, 5.41) is 2.74. The lowest BCUT2D eigenvalue weighted by Gasteiger charge is -2.08. The van der Waals surface area contributed by atoms with Crippen molar-refractivity contribution in [1.29, 1.82) is 0 Å². The van der Waals surface area contributed by atoms with E-state index in [1.54, 1.807) is 19.1 Å². The Morgan fingerprint density at radius 1 is 0.926 bits per heavy atom. The molecule has 7 nitrogen and oxygen atoms in total. The molecule has 0 unspecified atom stereocenters. The number of furan rings is 1. The number of aryl methyl sites for hydroxylation is 3. The van der Waals surface area contributed by atoms with Crippen molar-refractivity contribution in [2.45, 2.75) is 33.6 Å². The van der Waals surface area contributed by atoms with Gasteiger partial charge < -0.3 is 9.73 Å². The van der Waals surface area contributed by atoms with E-state index in [0.29, 0.717) is 11.4 Å². The van der Waals surface area contributed by atoms with Crippen molar-refractivity contribution >= 4 is 29.5 Å². The highest BCUT2D eigenvalue weighted by Gasteiger charge is 2.08. The fourth-order valence-corrected chi connectivity index (χ4v) is 2.21. The zero-order chi connectivity index (χ0) is 19.8. The molecule has 0 aliphatic rings. The van der Waals surface area contributed by atoms with Gasteiger partial charge in [-0.3, -0.25) is 25.2 Å². The topological polar surface area (TPSA) is 100 Å². The van der Waals surface area contributed by atoms with Gasteiger partial charge in [0, 0.05) is 24.6 Å². The highest BCUT2D eigenvalue weighted by molar-refractivity contribution is 5.95. The third-order valence-electron chi connectivity index (χ3n) is 3.86. The number of amides is 3. The van der Waals surface area contributed by atoms with Gasteiger partial charge in [0.15, 0.2) is 0 Å². The Morgan fingerprint density at radius 3 is 2.33 bits per heavy atom. The fourth-order valence-electron chi connectivity index (χ4n) is 2.21. The van der Waals surface area contributed by atoms with E-state index < -0.39 is 11.8 Å². The van der Waals surface area contributed by atoms with Crippen molar-refractivity contribution in [1.82, 2.24) is 10.9 Å². The van der Waals surface area contributed by atoms with E-state index in [0.717, 1.165) is 16.9 Å². The Balaban J connectivity index is 1.69. The lowest BCUT2D eigenvalue weighted by Crippen LogP contribution is -2.40. The molecule has 1 heterocycles. The number of carbonyl (C=O) groups excluding carboxylic acids is 3. The molecular weight excluding hydrogens is 346 g/mol. The van der Waals surface area contributed by atoms with Crippen LogP contribution >= 0.6 is 0 Å². The lowest BCUT2D eigenvalue weighted by atomic mass is 10.1. The number of hydrazine groups is 1. The summed E-state index contributed by atoms with van der Waals surface area (Å²) < 4.78 is 5.29. The van der Waals surface area contributed by atoms with E-state index in [2.05, 4.69) is 16.2 Å². The maximum atomic E-state index is 11.9. The average Bonchev–Trinajstić information content (AvgIpc) is 3.05. The van der Waals surface area contributed by atoms with Crippen LogP contribution in [0.15, 0.2) is 40.8 Å². The van der Waals surface area contributed by atoms with Gasteiger partial charge in [-0.25, -0.2) is 0 Å². The summed E-state index contributed by atoms with van der Waals surface area (Å²) in [5.74, 6) is 0.0463. The predicted molar refractivity (Wildman–Crippen MR) is 103 cm³/mol. The summed E-state index contributed by atoms with van der Waals surface area (Å²) >= 11 is 0. The monoisotopic (exact) mass is 369 g/mol. The second-order valence-electron chi connectivity index (χ2n) is 6.17. The number of carbonyl (C=O) groups is 3. The minimum absolute atomic E-state index is 0.0101. The normalized spacial score (nSPS) is 10.6. The molecule has 0 radical (unpaired) electrons. The zero-order valence-corrected chi connectivity index (χ0v) is 15.6. The molecular formula is C20H23N3O4. The van der Waals surface area contributed by atoms with Gasteiger partial charge >= 0.3 is 0 Å². The molecule has 2 aromatic rings. The number of rotatable bonds is 6. The first-order valence-electron chi connectivity index (χ1n) is 8.54. The summed E-state index contributed by atoms with van der Waals surface area (Å²) in [6, 6.07) is 9.12. The number of hydrogen-bond acceptors (Lipinski definition) is 4. The van der Waals surface area contributed by atoms with Gasteiger partial charge in [-0.15, -0.1) is 0 Å². The Hall–Kier alpha value is -3.35. The standard InChI is InChI=1S/C20H23N3O4/c1-13-4-6-16(12-14(13)2)21-18(24)10-11-20(26)23-22-19(25)9-8-17-7-5-15(3)27-17/h4-9,12H,10-11H2,1-3H3,(H,21,24)(H,22,25)(H,23,26). The Bertz CT molecular complexity index is 868. The smallest absolute Gasteiger partial charge is 0.262 e. The number of hydrogen-bond donors (Lipinski definition) is 3. The van der Waals surface area contributed by atoms with Crippen LogP contribution in [-0.2, 0) is 14.4 Å². The van der Waals surface area contributed by atoms with Crippen LogP contribution in [0.2, 0.25) is 0 Å². The SMILES string of the molecule is Cc1ccc(C=CC(=O)NNC(=O)CCC(=O)Nc2ccc(C)c(C)c2)o1. The molecule has 142 valence electrons. The minimum Gasteiger partial charge on any atom is -0.462 e. The second-order valence-corrected chi connectivity index (χ2v) is 6.17. The van der Waals surface area contributed by atoms with Crippen LogP contribution < -0.4 is 16.2 Å². The molecule has 0 spiro atoms. The molecule has 0 fully saturated rings. The summed E-state index contributed by atoms with van der Waals surface area (Å²) in [6.45, 7) is 5.75. The van der Waals surface area contributed by atoms with E-state index in [9.17, 15) is 14.4 Å².